The smallest absolute Gasteiger partial charge is 0.115 e. The van der Waals surface area contributed by atoms with Gasteiger partial charge < -0.3 is 10.3 Å². The second kappa shape index (κ2) is 5.45. The first kappa shape index (κ1) is 14.6. The number of nitrogens with zero attached hydrogens (tertiary/aromatic N) is 2. The van der Waals surface area contributed by atoms with Crippen LogP contribution in [0, 0.1) is 5.92 Å². The summed E-state index contributed by atoms with van der Waals surface area (Å²) in [6.07, 6.45) is 6.49. The third-order valence-corrected chi connectivity index (χ3v) is 5.01. The molecule has 0 bridgehead atoms. The minimum absolute atomic E-state index is 0.283. The van der Waals surface area contributed by atoms with Crippen molar-refractivity contribution in [3.05, 3.63) is 29.6 Å². The highest BCUT2D eigenvalue weighted by Crippen LogP contribution is 2.45. The fourth-order valence-electron chi connectivity index (χ4n) is 4.20. The predicted molar refractivity (Wildman–Crippen MR) is 88.2 cm³/mol. The van der Waals surface area contributed by atoms with Crippen LogP contribution < -0.4 is 5.73 Å². The van der Waals surface area contributed by atoms with Crippen molar-refractivity contribution < 1.29 is 0 Å². The zero-order chi connectivity index (χ0) is 15.0. The molecule has 1 aromatic heterocycles. The first-order valence-corrected chi connectivity index (χ1v) is 8.22. The first-order chi connectivity index (χ1) is 10.1. The molecule has 1 aliphatic rings. The number of aryl methyl sites for hydroxylation is 1. The van der Waals surface area contributed by atoms with E-state index in [9.17, 15) is 0 Å². The molecule has 0 saturated heterocycles. The van der Waals surface area contributed by atoms with E-state index in [1.54, 1.807) is 0 Å². The molecule has 1 saturated carbocycles. The Hall–Kier alpha value is -1.35. The van der Waals surface area contributed by atoms with Gasteiger partial charge in [0.2, 0.25) is 0 Å². The van der Waals surface area contributed by atoms with E-state index < -0.39 is 0 Å². The Morgan fingerprint density at radius 1 is 1.29 bits per heavy atom. The van der Waals surface area contributed by atoms with Gasteiger partial charge in [-0.05, 0) is 42.9 Å². The molecule has 3 rings (SSSR count). The molecule has 1 fully saturated rings. The van der Waals surface area contributed by atoms with E-state index >= 15 is 0 Å². The molecule has 0 radical (unpaired) electrons. The van der Waals surface area contributed by atoms with Crippen molar-refractivity contribution in [2.75, 3.05) is 0 Å². The maximum Gasteiger partial charge on any atom is 0.115 e. The Morgan fingerprint density at radius 2 is 2.00 bits per heavy atom. The van der Waals surface area contributed by atoms with Crippen LogP contribution in [0.15, 0.2) is 18.2 Å². The average molecular weight is 285 g/mol. The average Bonchev–Trinajstić information content (AvgIpc) is 3.04. The van der Waals surface area contributed by atoms with Gasteiger partial charge in [-0.1, -0.05) is 32.8 Å². The van der Waals surface area contributed by atoms with Gasteiger partial charge in [-0.15, -0.1) is 0 Å². The van der Waals surface area contributed by atoms with E-state index in [1.165, 1.54) is 43.4 Å². The Balaban J connectivity index is 2.11. The lowest BCUT2D eigenvalue weighted by Crippen LogP contribution is -2.28. The molecule has 0 atom stereocenters. The second-order valence-electron chi connectivity index (χ2n) is 7.11. The quantitative estimate of drug-likeness (QED) is 0.926. The van der Waals surface area contributed by atoms with Crippen molar-refractivity contribution in [3.8, 4) is 0 Å². The minimum atomic E-state index is 0.283. The third-order valence-electron chi connectivity index (χ3n) is 5.01. The molecule has 1 aliphatic carbocycles. The lowest BCUT2D eigenvalue weighted by molar-refractivity contribution is 0.323. The summed E-state index contributed by atoms with van der Waals surface area (Å²) < 4.78 is 2.32. The standard InChI is InChI=1S/C18H27N3/c1-13(2)11-18(8-4-5-9-18)17-20-15-10-14(12-19)6-7-16(15)21(17)3/h6-7,10,13H,4-5,8-9,11-12,19H2,1-3H3. The lowest BCUT2D eigenvalue weighted by Gasteiger charge is -2.30. The Kier molecular flexibility index (Phi) is 3.78. The topological polar surface area (TPSA) is 43.8 Å². The summed E-state index contributed by atoms with van der Waals surface area (Å²) in [5, 5.41) is 0. The van der Waals surface area contributed by atoms with Gasteiger partial charge in [0.25, 0.3) is 0 Å². The molecule has 3 heteroatoms. The van der Waals surface area contributed by atoms with Crippen LogP contribution in [-0.2, 0) is 19.0 Å². The molecular formula is C18H27N3. The van der Waals surface area contributed by atoms with Crippen LogP contribution in [-0.4, -0.2) is 9.55 Å². The Morgan fingerprint density at radius 3 is 2.62 bits per heavy atom. The van der Waals surface area contributed by atoms with E-state index in [2.05, 4.69) is 43.7 Å². The van der Waals surface area contributed by atoms with Gasteiger partial charge in [-0.3, -0.25) is 0 Å². The molecule has 3 nitrogen and oxygen atoms in total. The van der Waals surface area contributed by atoms with Crippen LogP contribution in [0.25, 0.3) is 11.0 Å². The largest absolute Gasteiger partial charge is 0.331 e. The fraction of sp³-hybridized carbons (Fsp3) is 0.611. The molecule has 0 spiro atoms. The molecule has 0 amide bonds. The summed E-state index contributed by atoms with van der Waals surface area (Å²) in [7, 11) is 2.17. The number of benzene rings is 1. The van der Waals surface area contributed by atoms with Crippen molar-refractivity contribution in [2.24, 2.45) is 18.7 Å². The van der Waals surface area contributed by atoms with E-state index in [0.717, 1.165) is 11.1 Å². The van der Waals surface area contributed by atoms with Crippen LogP contribution in [0.1, 0.15) is 57.3 Å². The summed E-state index contributed by atoms with van der Waals surface area (Å²) in [4.78, 5) is 5.04. The summed E-state index contributed by atoms with van der Waals surface area (Å²) in [6.45, 7) is 5.24. The Labute approximate surface area is 127 Å². The maximum atomic E-state index is 5.77. The zero-order valence-corrected chi connectivity index (χ0v) is 13.5. The monoisotopic (exact) mass is 285 g/mol. The molecule has 0 aliphatic heterocycles. The molecule has 0 unspecified atom stereocenters. The van der Waals surface area contributed by atoms with Crippen molar-refractivity contribution in [3.63, 3.8) is 0 Å². The van der Waals surface area contributed by atoms with E-state index in [4.69, 9.17) is 10.7 Å². The number of nitrogens with two attached hydrogens (primary N) is 1. The molecule has 21 heavy (non-hydrogen) atoms. The highest BCUT2D eigenvalue weighted by Gasteiger charge is 2.39. The van der Waals surface area contributed by atoms with Gasteiger partial charge in [0, 0.05) is 19.0 Å². The van der Waals surface area contributed by atoms with Crippen LogP contribution in [0.4, 0.5) is 0 Å². The number of fused-ring (bicyclic) bond motifs is 1. The highest BCUT2D eigenvalue weighted by atomic mass is 15.1. The van der Waals surface area contributed by atoms with Gasteiger partial charge >= 0.3 is 0 Å². The molecule has 2 aromatic rings. The SMILES string of the molecule is CC(C)CC1(c2nc3cc(CN)ccc3n2C)CCCC1. The number of aromatic nitrogens is 2. The maximum absolute atomic E-state index is 5.77. The van der Waals surface area contributed by atoms with Gasteiger partial charge in [0.1, 0.15) is 5.82 Å². The van der Waals surface area contributed by atoms with E-state index in [-0.39, 0.29) is 5.41 Å². The summed E-state index contributed by atoms with van der Waals surface area (Å²) in [5.74, 6) is 2.00. The van der Waals surface area contributed by atoms with Crippen LogP contribution in [0.5, 0.6) is 0 Å². The van der Waals surface area contributed by atoms with Crippen molar-refractivity contribution in [1.82, 2.24) is 9.55 Å². The van der Waals surface area contributed by atoms with Gasteiger partial charge in [0.15, 0.2) is 0 Å². The second-order valence-corrected chi connectivity index (χ2v) is 7.11. The summed E-state index contributed by atoms with van der Waals surface area (Å²) >= 11 is 0. The molecule has 114 valence electrons. The summed E-state index contributed by atoms with van der Waals surface area (Å²) in [6, 6.07) is 6.44. The van der Waals surface area contributed by atoms with Gasteiger partial charge in [-0.2, -0.15) is 0 Å². The van der Waals surface area contributed by atoms with Crippen molar-refractivity contribution >= 4 is 11.0 Å². The lowest BCUT2D eigenvalue weighted by atomic mass is 9.77. The zero-order valence-electron chi connectivity index (χ0n) is 13.5. The molecular weight excluding hydrogens is 258 g/mol. The first-order valence-electron chi connectivity index (χ1n) is 8.22. The fourth-order valence-corrected chi connectivity index (χ4v) is 4.20. The highest BCUT2D eigenvalue weighted by molar-refractivity contribution is 5.77. The van der Waals surface area contributed by atoms with Crippen molar-refractivity contribution in [1.29, 1.82) is 0 Å². The number of rotatable bonds is 4. The van der Waals surface area contributed by atoms with Crippen molar-refractivity contribution in [2.45, 2.75) is 57.9 Å². The van der Waals surface area contributed by atoms with E-state index in [1.807, 2.05) is 0 Å². The van der Waals surface area contributed by atoms with Gasteiger partial charge in [0.05, 0.1) is 11.0 Å². The van der Waals surface area contributed by atoms with Crippen LogP contribution in [0.2, 0.25) is 0 Å². The molecule has 2 N–H and O–H groups in total. The predicted octanol–water partition coefficient (Wildman–Crippen LogP) is 3.89. The number of hydrogen-bond acceptors (Lipinski definition) is 2. The van der Waals surface area contributed by atoms with Gasteiger partial charge in [-0.25, -0.2) is 4.98 Å². The minimum Gasteiger partial charge on any atom is -0.331 e. The Bertz CT molecular complexity index is 633. The van der Waals surface area contributed by atoms with Crippen LogP contribution in [0.3, 0.4) is 0 Å². The number of imidazole rings is 1. The normalized spacial score (nSPS) is 18.0. The summed E-state index contributed by atoms with van der Waals surface area (Å²) in [5.41, 5.74) is 9.55. The van der Waals surface area contributed by atoms with Crippen LogP contribution >= 0.6 is 0 Å². The number of hydrogen-bond donors (Lipinski definition) is 1. The van der Waals surface area contributed by atoms with E-state index in [0.29, 0.717) is 12.5 Å². The third kappa shape index (κ3) is 2.48. The molecule has 1 aromatic carbocycles. The molecule has 1 heterocycles.